The van der Waals surface area contributed by atoms with Gasteiger partial charge in [-0.25, -0.2) is 4.98 Å². The molecule has 1 N–H and O–H groups in total. The van der Waals surface area contributed by atoms with Gasteiger partial charge in [0.05, 0.1) is 12.1 Å². The van der Waals surface area contributed by atoms with Crippen LogP contribution >= 0.6 is 46.1 Å². The van der Waals surface area contributed by atoms with Gasteiger partial charge in [0.15, 0.2) is 4.96 Å². The predicted molar refractivity (Wildman–Crippen MR) is 101 cm³/mol. The highest BCUT2D eigenvalue weighted by atomic mass is 35.5. The Morgan fingerprint density at radius 2 is 1.92 bits per heavy atom. The van der Waals surface area contributed by atoms with E-state index in [0.717, 1.165) is 11.3 Å². The number of nitrogens with zero attached hydrogens (tertiary/aromatic N) is 2. The minimum Gasteiger partial charge on any atom is -0.481 e. The zero-order valence-electron chi connectivity index (χ0n) is 12.4. The number of benzene rings is 1. The van der Waals surface area contributed by atoms with Crippen molar-refractivity contribution in [2.24, 2.45) is 0 Å². The summed E-state index contributed by atoms with van der Waals surface area (Å²) in [6.45, 7) is 0. The Labute approximate surface area is 160 Å². The summed E-state index contributed by atoms with van der Waals surface area (Å²) in [5.41, 5.74) is 0.652. The molecule has 0 radical (unpaired) electrons. The lowest BCUT2D eigenvalue weighted by Gasteiger charge is -2.03. The van der Waals surface area contributed by atoms with Crippen LogP contribution in [0.3, 0.4) is 0 Å². The van der Waals surface area contributed by atoms with Gasteiger partial charge in [-0.1, -0.05) is 40.9 Å². The number of halogens is 3. The first-order valence-electron chi connectivity index (χ1n) is 6.91. The van der Waals surface area contributed by atoms with E-state index >= 15 is 0 Å². The fraction of sp³-hybridized carbons (Fsp3) is 0.0625. The van der Waals surface area contributed by atoms with Crippen molar-refractivity contribution in [3.05, 3.63) is 66.0 Å². The molecule has 0 fully saturated rings. The van der Waals surface area contributed by atoms with Crippen LogP contribution in [0.15, 0.2) is 28.4 Å². The third-order valence-corrected chi connectivity index (χ3v) is 5.24. The van der Waals surface area contributed by atoms with Crippen molar-refractivity contribution in [2.45, 2.75) is 6.42 Å². The Morgan fingerprint density at radius 1 is 1.24 bits per heavy atom. The van der Waals surface area contributed by atoms with Crippen LogP contribution in [-0.2, 0) is 11.2 Å². The average Bonchev–Trinajstić information content (AvgIpc) is 2.93. The first-order valence-corrected chi connectivity index (χ1v) is 8.92. The predicted octanol–water partition coefficient (Wildman–Crippen LogP) is 4.51. The van der Waals surface area contributed by atoms with Gasteiger partial charge in [-0.05, 0) is 24.3 Å². The summed E-state index contributed by atoms with van der Waals surface area (Å²) in [4.78, 5) is 28.1. The van der Waals surface area contributed by atoms with Gasteiger partial charge in [0.25, 0.3) is 5.56 Å². The number of thiazole rings is 1. The van der Waals surface area contributed by atoms with Crippen LogP contribution < -0.4 is 5.56 Å². The van der Waals surface area contributed by atoms with E-state index in [1.165, 1.54) is 4.40 Å². The fourth-order valence-corrected chi connectivity index (χ4v) is 3.82. The minimum atomic E-state index is -1.04. The summed E-state index contributed by atoms with van der Waals surface area (Å²) in [7, 11) is 0. The van der Waals surface area contributed by atoms with Crippen molar-refractivity contribution < 1.29 is 9.90 Å². The second-order valence-electron chi connectivity index (χ2n) is 5.00. The molecule has 128 valence electrons. The number of aliphatic carboxylic acids is 1. The maximum Gasteiger partial charge on any atom is 0.309 e. The zero-order chi connectivity index (χ0) is 18.1. The van der Waals surface area contributed by atoms with Crippen molar-refractivity contribution in [1.82, 2.24) is 9.38 Å². The smallest absolute Gasteiger partial charge is 0.309 e. The standard InChI is InChI=1S/C16H9Cl3N2O3S/c17-10-2-1-3-11(18)9(10)4-5-12-14(19)15(24)21-8(6-13(22)23)7-25-16(21)20-12/h1-5,7H,6H2,(H,22,23). The van der Waals surface area contributed by atoms with Gasteiger partial charge in [-0.3, -0.25) is 14.0 Å². The van der Waals surface area contributed by atoms with Gasteiger partial charge in [-0.15, -0.1) is 11.3 Å². The number of aromatic nitrogens is 2. The van der Waals surface area contributed by atoms with E-state index in [2.05, 4.69) is 4.98 Å². The third-order valence-electron chi connectivity index (χ3n) is 3.35. The number of hydrogen-bond donors (Lipinski definition) is 1. The largest absolute Gasteiger partial charge is 0.481 e. The van der Waals surface area contributed by atoms with E-state index in [1.807, 2.05) is 0 Å². The van der Waals surface area contributed by atoms with Crippen LogP contribution in [0, 0.1) is 0 Å². The molecule has 0 atom stereocenters. The molecule has 0 unspecified atom stereocenters. The molecule has 1 aromatic carbocycles. The van der Waals surface area contributed by atoms with Crippen molar-refractivity contribution in [1.29, 1.82) is 0 Å². The van der Waals surface area contributed by atoms with Gasteiger partial charge >= 0.3 is 5.97 Å². The molecule has 0 spiro atoms. The second kappa shape index (κ2) is 7.17. The molecule has 9 heteroatoms. The average molecular weight is 416 g/mol. The van der Waals surface area contributed by atoms with E-state index in [-0.39, 0.29) is 17.1 Å². The van der Waals surface area contributed by atoms with E-state index in [0.29, 0.717) is 26.3 Å². The SMILES string of the molecule is O=C(O)Cc1csc2nc(C=Cc3c(Cl)cccc3Cl)c(Cl)c(=O)n12. The van der Waals surface area contributed by atoms with Gasteiger partial charge in [0.2, 0.25) is 0 Å². The maximum absolute atomic E-state index is 12.5. The summed E-state index contributed by atoms with van der Waals surface area (Å²) >= 11 is 19.5. The molecule has 0 bridgehead atoms. The number of fused-ring (bicyclic) bond motifs is 1. The third kappa shape index (κ3) is 3.57. The van der Waals surface area contributed by atoms with Crippen LogP contribution in [0.2, 0.25) is 15.1 Å². The number of carbonyl (C=O) groups is 1. The number of carboxylic acid groups (broad SMARTS) is 1. The van der Waals surface area contributed by atoms with E-state index in [4.69, 9.17) is 39.9 Å². The number of carboxylic acids is 1. The monoisotopic (exact) mass is 414 g/mol. The first-order chi connectivity index (χ1) is 11.9. The molecule has 2 aromatic heterocycles. The number of rotatable bonds is 4. The molecule has 25 heavy (non-hydrogen) atoms. The Morgan fingerprint density at radius 3 is 2.56 bits per heavy atom. The van der Waals surface area contributed by atoms with Crippen LogP contribution in [0.25, 0.3) is 17.1 Å². The molecule has 3 rings (SSSR count). The van der Waals surface area contributed by atoms with Crippen molar-refractivity contribution in [2.75, 3.05) is 0 Å². The molecule has 0 aliphatic carbocycles. The molecule has 0 aliphatic heterocycles. The molecular formula is C16H9Cl3N2O3S. The molecule has 5 nitrogen and oxygen atoms in total. The van der Waals surface area contributed by atoms with Gasteiger partial charge in [-0.2, -0.15) is 0 Å². The highest BCUT2D eigenvalue weighted by Crippen LogP contribution is 2.27. The highest BCUT2D eigenvalue weighted by molar-refractivity contribution is 7.15. The van der Waals surface area contributed by atoms with Gasteiger partial charge in [0.1, 0.15) is 5.02 Å². The topological polar surface area (TPSA) is 71.7 Å². The minimum absolute atomic E-state index is 0.109. The Bertz CT molecular complexity index is 1050. The highest BCUT2D eigenvalue weighted by Gasteiger charge is 2.15. The Kier molecular flexibility index (Phi) is 5.15. The molecule has 0 amide bonds. The molecule has 0 saturated carbocycles. The summed E-state index contributed by atoms with van der Waals surface area (Å²) in [6.07, 6.45) is 2.89. The van der Waals surface area contributed by atoms with E-state index in [9.17, 15) is 9.59 Å². The maximum atomic E-state index is 12.5. The zero-order valence-corrected chi connectivity index (χ0v) is 15.5. The summed E-state index contributed by atoms with van der Waals surface area (Å²) in [5.74, 6) is -1.04. The second-order valence-corrected chi connectivity index (χ2v) is 7.03. The normalized spacial score (nSPS) is 11.5. The van der Waals surface area contributed by atoms with Crippen molar-refractivity contribution >= 4 is 69.2 Å². The van der Waals surface area contributed by atoms with Crippen LogP contribution in [0.5, 0.6) is 0 Å². The molecular weight excluding hydrogens is 407 g/mol. The van der Waals surface area contributed by atoms with Crippen LogP contribution in [0.4, 0.5) is 0 Å². The van der Waals surface area contributed by atoms with Gasteiger partial charge < -0.3 is 5.11 Å². The van der Waals surface area contributed by atoms with E-state index in [1.54, 1.807) is 35.7 Å². The Balaban J connectivity index is 2.09. The van der Waals surface area contributed by atoms with Crippen molar-refractivity contribution in [3.63, 3.8) is 0 Å². The Hall–Kier alpha value is -1.86. The summed E-state index contributed by atoms with van der Waals surface area (Å²) in [6, 6.07) is 5.11. The molecule has 0 aliphatic rings. The summed E-state index contributed by atoms with van der Waals surface area (Å²) in [5, 5.41) is 11.3. The lowest BCUT2D eigenvalue weighted by Crippen LogP contribution is -2.19. The van der Waals surface area contributed by atoms with Crippen LogP contribution in [-0.4, -0.2) is 20.5 Å². The summed E-state index contributed by atoms with van der Waals surface area (Å²) < 4.78 is 1.21. The first kappa shape index (κ1) is 17.9. The molecule has 2 heterocycles. The quantitative estimate of drug-likeness (QED) is 0.680. The fourth-order valence-electron chi connectivity index (χ4n) is 2.22. The van der Waals surface area contributed by atoms with Crippen molar-refractivity contribution in [3.8, 4) is 0 Å². The molecule has 3 aromatic rings. The van der Waals surface area contributed by atoms with E-state index < -0.39 is 11.5 Å². The van der Waals surface area contributed by atoms with Gasteiger partial charge in [0, 0.05) is 26.7 Å². The number of hydrogen-bond acceptors (Lipinski definition) is 4. The van der Waals surface area contributed by atoms with Crippen LogP contribution in [0.1, 0.15) is 17.0 Å². The molecule has 0 saturated heterocycles. The lowest BCUT2D eigenvalue weighted by molar-refractivity contribution is -0.136. The lowest BCUT2D eigenvalue weighted by atomic mass is 10.2.